The van der Waals surface area contributed by atoms with Gasteiger partial charge in [0.1, 0.15) is 12.1 Å². The molecule has 15 heteroatoms. The minimum atomic E-state index is -4.79. The summed E-state index contributed by atoms with van der Waals surface area (Å²) in [4.78, 5) is 8.00. The topological polar surface area (TPSA) is 93.0 Å². The number of aromatic nitrogens is 4. The maximum Gasteiger partial charge on any atom is 0.419 e. The Balaban J connectivity index is 1.34. The number of hydrogen-bond acceptors (Lipinski definition) is 8. The first-order valence-corrected chi connectivity index (χ1v) is 15.7. The monoisotopic (exact) mass is 616 g/mol. The molecule has 1 saturated carbocycles. The molecule has 2 aromatic heterocycles. The zero-order chi connectivity index (χ0) is 29.6. The van der Waals surface area contributed by atoms with Crippen LogP contribution in [0, 0.1) is 12.3 Å². The van der Waals surface area contributed by atoms with Gasteiger partial charge in [0.05, 0.1) is 22.0 Å². The van der Waals surface area contributed by atoms with Gasteiger partial charge in [-0.3, -0.25) is 8.99 Å². The van der Waals surface area contributed by atoms with Gasteiger partial charge in [0.2, 0.25) is 5.95 Å². The van der Waals surface area contributed by atoms with Crippen LogP contribution in [0.2, 0.25) is 0 Å². The normalized spacial score (nSPS) is 18.1. The Bertz CT molecular complexity index is 1510. The summed E-state index contributed by atoms with van der Waals surface area (Å²) in [6.07, 6.45) is 0.499. The first kappa shape index (κ1) is 29.7. The Labute approximate surface area is 238 Å². The average molecular weight is 617 g/mol. The van der Waals surface area contributed by atoms with Crippen molar-refractivity contribution in [1.82, 2.24) is 24.1 Å². The van der Waals surface area contributed by atoms with Gasteiger partial charge in [0.15, 0.2) is 9.84 Å². The largest absolute Gasteiger partial charge is 0.419 e. The SMILES string of the molecule is CSN1CCC2(CC1)CC(S(=O)(=O)c1ccc(Nc3ncc(C(F)(F)F)c(-c4cnn(CC(F)F)c4)n3)c(C)c1)C2. The third-order valence-electron chi connectivity index (χ3n) is 7.90. The predicted molar refractivity (Wildman–Crippen MR) is 146 cm³/mol. The summed E-state index contributed by atoms with van der Waals surface area (Å²) in [5.74, 6) is -0.175. The lowest BCUT2D eigenvalue weighted by molar-refractivity contribution is -0.137. The number of hydrogen-bond donors (Lipinski definition) is 1. The molecular weight excluding hydrogens is 587 g/mol. The summed E-state index contributed by atoms with van der Waals surface area (Å²) in [7, 11) is -3.55. The van der Waals surface area contributed by atoms with Crippen molar-refractivity contribution >= 4 is 33.4 Å². The van der Waals surface area contributed by atoms with Crippen LogP contribution in [-0.4, -0.2) is 63.5 Å². The third kappa shape index (κ3) is 6.21. The Morgan fingerprint density at radius 3 is 2.49 bits per heavy atom. The molecule has 0 amide bonds. The van der Waals surface area contributed by atoms with E-state index in [0.29, 0.717) is 30.3 Å². The highest BCUT2D eigenvalue weighted by atomic mass is 32.2. The number of benzene rings is 1. The van der Waals surface area contributed by atoms with Gasteiger partial charge in [-0.25, -0.2) is 27.2 Å². The highest BCUT2D eigenvalue weighted by Crippen LogP contribution is 2.53. The van der Waals surface area contributed by atoms with Gasteiger partial charge in [0.25, 0.3) is 6.43 Å². The molecular formula is C26H29F5N6O2S2. The van der Waals surface area contributed by atoms with E-state index in [-0.39, 0.29) is 21.8 Å². The van der Waals surface area contributed by atoms with Gasteiger partial charge in [-0.1, -0.05) is 11.9 Å². The average Bonchev–Trinajstić information content (AvgIpc) is 3.35. The number of nitrogens with one attached hydrogen (secondary N) is 1. The van der Waals surface area contributed by atoms with Crippen molar-refractivity contribution in [3.8, 4) is 11.3 Å². The van der Waals surface area contributed by atoms with Crippen molar-refractivity contribution in [2.24, 2.45) is 5.41 Å². The van der Waals surface area contributed by atoms with E-state index in [2.05, 4.69) is 24.7 Å². The molecule has 0 radical (unpaired) electrons. The van der Waals surface area contributed by atoms with E-state index < -0.39 is 45.5 Å². The van der Waals surface area contributed by atoms with Gasteiger partial charge >= 0.3 is 6.18 Å². The van der Waals surface area contributed by atoms with Crippen LogP contribution in [0.5, 0.6) is 0 Å². The molecule has 1 aliphatic carbocycles. The van der Waals surface area contributed by atoms with Crippen LogP contribution in [-0.2, 0) is 22.6 Å². The quantitative estimate of drug-likeness (QED) is 0.245. The molecule has 3 aromatic rings. The number of aryl methyl sites for hydroxylation is 1. The number of sulfone groups is 1. The van der Waals surface area contributed by atoms with Gasteiger partial charge < -0.3 is 5.32 Å². The molecule has 1 aromatic carbocycles. The zero-order valence-corrected chi connectivity index (χ0v) is 24.0. The van der Waals surface area contributed by atoms with E-state index in [1.54, 1.807) is 24.9 Å². The molecule has 8 nitrogen and oxygen atoms in total. The second-order valence-corrected chi connectivity index (χ2v) is 13.7. The van der Waals surface area contributed by atoms with Crippen LogP contribution in [0.3, 0.4) is 0 Å². The van der Waals surface area contributed by atoms with E-state index in [9.17, 15) is 30.4 Å². The highest BCUT2D eigenvalue weighted by molar-refractivity contribution is 7.96. The fourth-order valence-electron chi connectivity index (χ4n) is 5.54. The van der Waals surface area contributed by atoms with Crippen molar-refractivity contribution in [2.45, 2.75) is 61.9 Å². The number of piperidine rings is 1. The van der Waals surface area contributed by atoms with E-state index in [4.69, 9.17) is 0 Å². The van der Waals surface area contributed by atoms with Crippen LogP contribution in [0.4, 0.5) is 33.6 Å². The van der Waals surface area contributed by atoms with Crippen molar-refractivity contribution in [3.05, 3.63) is 47.9 Å². The van der Waals surface area contributed by atoms with Crippen LogP contribution in [0.1, 0.15) is 36.8 Å². The van der Waals surface area contributed by atoms with Crippen molar-refractivity contribution in [3.63, 3.8) is 0 Å². The van der Waals surface area contributed by atoms with E-state index in [0.717, 1.165) is 43.0 Å². The lowest BCUT2D eigenvalue weighted by Crippen LogP contribution is -2.50. The molecule has 0 bridgehead atoms. The van der Waals surface area contributed by atoms with Crippen molar-refractivity contribution in [1.29, 1.82) is 0 Å². The first-order chi connectivity index (χ1) is 19.3. The molecule has 2 aliphatic rings. The molecule has 3 heterocycles. The molecule has 0 atom stereocenters. The van der Waals surface area contributed by atoms with Crippen molar-refractivity contribution in [2.75, 3.05) is 24.7 Å². The molecule has 222 valence electrons. The number of anilines is 2. The number of rotatable bonds is 8. The molecule has 41 heavy (non-hydrogen) atoms. The van der Waals surface area contributed by atoms with E-state index >= 15 is 0 Å². The second-order valence-electron chi connectivity index (χ2n) is 10.6. The molecule has 0 unspecified atom stereocenters. The maximum absolute atomic E-state index is 13.7. The van der Waals surface area contributed by atoms with Gasteiger partial charge in [0, 0.05) is 36.7 Å². The predicted octanol–water partition coefficient (Wildman–Crippen LogP) is 5.97. The Hall–Kier alpha value is -2.78. The number of alkyl halides is 5. The summed E-state index contributed by atoms with van der Waals surface area (Å²) < 4.78 is 96.3. The molecule has 1 aliphatic heterocycles. The zero-order valence-electron chi connectivity index (χ0n) is 22.3. The minimum absolute atomic E-state index is 0.0914. The van der Waals surface area contributed by atoms with E-state index in [1.165, 1.54) is 12.1 Å². The number of nitrogens with zero attached hydrogens (tertiary/aromatic N) is 5. The van der Waals surface area contributed by atoms with Gasteiger partial charge in [-0.2, -0.15) is 18.3 Å². The maximum atomic E-state index is 13.7. The fourth-order valence-corrected chi connectivity index (χ4v) is 8.22. The van der Waals surface area contributed by atoms with Gasteiger partial charge in [-0.05, 0) is 68.0 Å². The molecule has 2 fully saturated rings. The molecule has 1 N–H and O–H groups in total. The number of halogens is 5. The van der Waals surface area contributed by atoms with Crippen LogP contribution < -0.4 is 5.32 Å². The summed E-state index contributed by atoms with van der Waals surface area (Å²) in [6, 6.07) is 4.55. The summed E-state index contributed by atoms with van der Waals surface area (Å²) in [5.41, 5.74) is -0.710. The lowest BCUT2D eigenvalue weighted by Gasteiger charge is -2.51. The third-order valence-corrected chi connectivity index (χ3v) is 10.9. The lowest BCUT2D eigenvalue weighted by atomic mass is 9.63. The Morgan fingerprint density at radius 1 is 1.17 bits per heavy atom. The molecule has 1 saturated heterocycles. The van der Waals surface area contributed by atoms with E-state index in [1.807, 2.05) is 6.26 Å². The standard InChI is InChI=1S/C26H29F5N6O2S2/c1-16-9-18(41(38,39)19-10-25(11-19)5-7-37(40-2)8-6-25)3-4-21(16)34-24-32-13-20(26(29,30)31)23(35-24)17-12-33-36(14-17)15-22(27)28/h3-4,9,12-14,19,22H,5-8,10-11,15H2,1-2H3,(H,32,34,35). The van der Waals surface area contributed by atoms with Crippen LogP contribution >= 0.6 is 11.9 Å². The second kappa shape index (κ2) is 11.1. The van der Waals surface area contributed by atoms with Gasteiger partial charge in [-0.15, -0.1) is 0 Å². The molecule has 1 spiro atoms. The van der Waals surface area contributed by atoms with Crippen molar-refractivity contribution < 1.29 is 30.4 Å². The molecule has 5 rings (SSSR count). The summed E-state index contributed by atoms with van der Waals surface area (Å²) >= 11 is 1.71. The Kier molecular flexibility index (Phi) is 8.07. The smallest absolute Gasteiger partial charge is 0.324 e. The summed E-state index contributed by atoms with van der Waals surface area (Å²) in [5, 5.41) is 6.12. The van der Waals surface area contributed by atoms with Crippen LogP contribution in [0.15, 0.2) is 41.7 Å². The minimum Gasteiger partial charge on any atom is -0.324 e. The highest BCUT2D eigenvalue weighted by Gasteiger charge is 2.51. The summed E-state index contributed by atoms with van der Waals surface area (Å²) in [6.45, 7) is 2.82. The fraction of sp³-hybridized carbons (Fsp3) is 0.500. The first-order valence-electron chi connectivity index (χ1n) is 13.0. The van der Waals surface area contributed by atoms with Crippen LogP contribution in [0.25, 0.3) is 11.3 Å². The Morgan fingerprint density at radius 2 is 1.88 bits per heavy atom.